The number of nitrogens with one attached hydrogen (secondary N) is 1. The third-order valence-electron chi connectivity index (χ3n) is 4.97. The van der Waals surface area contributed by atoms with Crippen molar-refractivity contribution in [3.8, 4) is 0 Å². The highest BCUT2D eigenvalue weighted by Gasteiger charge is 2.22. The van der Waals surface area contributed by atoms with Gasteiger partial charge in [0.25, 0.3) is 5.95 Å². The Morgan fingerprint density at radius 3 is 2.69 bits per heavy atom. The van der Waals surface area contributed by atoms with Gasteiger partial charge in [-0.05, 0) is 47.0 Å². The van der Waals surface area contributed by atoms with Crippen LogP contribution in [0, 0.1) is 6.92 Å². The molecule has 29 heavy (non-hydrogen) atoms. The van der Waals surface area contributed by atoms with Crippen molar-refractivity contribution >= 4 is 28.8 Å². The zero-order chi connectivity index (χ0) is 20.4. The summed E-state index contributed by atoms with van der Waals surface area (Å²) in [4.78, 5) is 7.60. The van der Waals surface area contributed by atoms with Crippen LogP contribution in [0.1, 0.15) is 29.3 Å². The fraction of sp³-hybridized carbons (Fsp3) is 0.300. The van der Waals surface area contributed by atoms with Crippen LogP contribution in [0.15, 0.2) is 47.8 Å². The van der Waals surface area contributed by atoms with Crippen molar-refractivity contribution in [2.45, 2.75) is 19.6 Å². The quantitative estimate of drug-likeness (QED) is 0.623. The second kappa shape index (κ2) is 8.18. The number of aryl methyl sites for hydroxylation is 2. The van der Waals surface area contributed by atoms with Crippen LogP contribution in [0.4, 0.5) is 11.6 Å². The van der Waals surface area contributed by atoms with Crippen LogP contribution < -0.4 is 10.2 Å². The predicted octanol–water partition coefficient (Wildman–Crippen LogP) is 2.88. The molecule has 2 N–H and O–H groups in total. The molecule has 1 unspecified atom stereocenters. The van der Waals surface area contributed by atoms with Crippen LogP contribution in [0.3, 0.4) is 0 Å². The number of anilines is 2. The minimum atomic E-state index is -0.828. The van der Waals surface area contributed by atoms with E-state index in [0.29, 0.717) is 12.5 Å². The van der Waals surface area contributed by atoms with E-state index in [2.05, 4.69) is 30.6 Å². The standard InChI is InChI=1S/C20H22ClN7O/c1-13-7-9-22-11-16(13)19(29)23-15-5-3-14(4-6-15)17-12-28(10-8-18(17)21)20-24-26-27(2)25-20/h3-7,9,11,19,23,29H,8,10,12H2,1-2H3. The van der Waals surface area contributed by atoms with Crippen molar-refractivity contribution in [2.75, 3.05) is 23.3 Å². The van der Waals surface area contributed by atoms with Gasteiger partial charge in [-0.25, -0.2) is 0 Å². The molecule has 0 fully saturated rings. The SMILES string of the molecule is Cc1ccncc1C(O)Nc1ccc(C2=C(Cl)CCN(c3nnn(C)n3)C2)cc1. The first kappa shape index (κ1) is 19.4. The highest BCUT2D eigenvalue weighted by atomic mass is 35.5. The highest BCUT2D eigenvalue weighted by Crippen LogP contribution is 2.31. The molecule has 0 aliphatic carbocycles. The Kier molecular flexibility index (Phi) is 5.46. The fourth-order valence-corrected chi connectivity index (χ4v) is 3.58. The number of aliphatic hydroxyl groups excluding tert-OH is 1. The molecular formula is C20H22ClN7O. The van der Waals surface area contributed by atoms with Gasteiger partial charge >= 0.3 is 0 Å². The molecule has 0 saturated carbocycles. The molecule has 1 aliphatic heterocycles. The topological polar surface area (TPSA) is 92.0 Å². The van der Waals surface area contributed by atoms with Crippen LogP contribution in [0.5, 0.6) is 0 Å². The van der Waals surface area contributed by atoms with Gasteiger partial charge in [-0.3, -0.25) is 4.98 Å². The molecule has 8 nitrogen and oxygen atoms in total. The number of halogens is 1. The van der Waals surface area contributed by atoms with Gasteiger partial charge in [0.1, 0.15) is 0 Å². The van der Waals surface area contributed by atoms with E-state index in [9.17, 15) is 5.11 Å². The Morgan fingerprint density at radius 1 is 1.21 bits per heavy atom. The monoisotopic (exact) mass is 411 g/mol. The van der Waals surface area contributed by atoms with E-state index < -0.39 is 6.23 Å². The van der Waals surface area contributed by atoms with Gasteiger partial charge in [0.05, 0.1) is 7.05 Å². The first-order valence-electron chi connectivity index (χ1n) is 9.33. The predicted molar refractivity (Wildman–Crippen MR) is 112 cm³/mol. The molecule has 0 bridgehead atoms. The molecule has 3 aromatic rings. The average Bonchev–Trinajstić information content (AvgIpc) is 3.16. The van der Waals surface area contributed by atoms with Gasteiger partial charge in [0.15, 0.2) is 6.23 Å². The van der Waals surface area contributed by atoms with Crippen LogP contribution in [0.25, 0.3) is 5.57 Å². The maximum Gasteiger partial charge on any atom is 0.266 e. The summed E-state index contributed by atoms with van der Waals surface area (Å²) in [6, 6.07) is 9.73. The second-order valence-electron chi connectivity index (χ2n) is 6.99. The number of pyridine rings is 1. The van der Waals surface area contributed by atoms with E-state index in [1.165, 1.54) is 4.80 Å². The summed E-state index contributed by atoms with van der Waals surface area (Å²) < 4.78 is 0. The van der Waals surface area contributed by atoms with Gasteiger partial charge < -0.3 is 15.3 Å². The van der Waals surface area contributed by atoms with E-state index in [-0.39, 0.29) is 0 Å². The number of aliphatic hydroxyl groups is 1. The third-order valence-corrected chi connectivity index (χ3v) is 5.39. The van der Waals surface area contributed by atoms with E-state index in [1.807, 2.05) is 37.3 Å². The molecule has 9 heteroatoms. The Labute approximate surface area is 173 Å². The van der Waals surface area contributed by atoms with Crippen molar-refractivity contribution < 1.29 is 5.11 Å². The van der Waals surface area contributed by atoms with Gasteiger partial charge in [0.2, 0.25) is 0 Å². The molecule has 0 spiro atoms. The molecule has 0 radical (unpaired) electrons. The van der Waals surface area contributed by atoms with Crippen molar-refractivity contribution in [1.29, 1.82) is 0 Å². The van der Waals surface area contributed by atoms with Crippen molar-refractivity contribution in [2.24, 2.45) is 7.05 Å². The summed E-state index contributed by atoms with van der Waals surface area (Å²) in [6.45, 7) is 3.32. The molecule has 1 aromatic carbocycles. The summed E-state index contributed by atoms with van der Waals surface area (Å²) in [5.41, 5.74) is 4.61. The molecule has 2 aromatic heterocycles. The minimum Gasteiger partial charge on any atom is -0.369 e. The van der Waals surface area contributed by atoms with E-state index in [1.54, 1.807) is 19.4 Å². The third kappa shape index (κ3) is 4.23. The normalized spacial score (nSPS) is 15.5. The Morgan fingerprint density at radius 2 is 2.00 bits per heavy atom. The molecule has 150 valence electrons. The zero-order valence-electron chi connectivity index (χ0n) is 16.2. The Hall–Kier alpha value is -2.97. The second-order valence-corrected chi connectivity index (χ2v) is 7.45. The van der Waals surface area contributed by atoms with Crippen molar-refractivity contribution in [3.63, 3.8) is 0 Å². The molecular weight excluding hydrogens is 390 g/mol. The molecule has 1 aliphatic rings. The number of nitrogens with zero attached hydrogens (tertiary/aromatic N) is 6. The molecule has 3 heterocycles. The number of rotatable bonds is 5. The van der Waals surface area contributed by atoms with Gasteiger partial charge in [-0.15, -0.1) is 5.10 Å². The van der Waals surface area contributed by atoms with Gasteiger partial charge in [0, 0.05) is 48.2 Å². The number of hydrogen-bond donors (Lipinski definition) is 2. The maximum absolute atomic E-state index is 10.5. The first-order chi connectivity index (χ1) is 14.0. The van der Waals surface area contributed by atoms with E-state index >= 15 is 0 Å². The minimum absolute atomic E-state index is 0.599. The fourth-order valence-electron chi connectivity index (χ4n) is 3.32. The van der Waals surface area contributed by atoms with Crippen LogP contribution in [-0.4, -0.2) is 43.4 Å². The number of aromatic nitrogens is 5. The lowest BCUT2D eigenvalue weighted by Gasteiger charge is -2.28. The van der Waals surface area contributed by atoms with Crippen LogP contribution in [-0.2, 0) is 7.05 Å². The van der Waals surface area contributed by atoms with Gasteiger partial charge in [-0.2, -0.15) is 4.80 Å². The summed E-state index contributed by atoms with van der Waals surface area (Å²) in [5, 5.41) is 26.7. The Balaban J connectivity index is 1.49. The lowest BCUT2D eigenvalue weighted by atomic mass is 10.0. The smallest absolute Gasteiger partial charge is 0.266 e. The summed E-state index contributed by atoms with van der Waals surface area (Å²) in [6.07, 6.45) is 3.28. The lowest BCUT2D eigenvalue weighted by Crippen LogP contribution is -2.31. The number of tetrazole rings is 1. The zero-order valence-corrected chi connectivity index (χ0v) is 17.0. The molecule has 4 rings (SSSR count). The Bertz CT molecular complexity index is 1030. The first-order valence-corrected chi connectivity index (χ1v) is 9.71. The summed E-state index contributed by atoms with van der Waals surface area (Å²) in [5.74, 6) is 0.599. The van der Waals surface area contributed by atoms with Crippen LogP contribution in [0.2, 0.25) is 0 Å². The number of benzene rings is 1. The molecule has 0 saturated heterocycles. The van der Waals surface area contributed by atoms with Crippen molar-refractivity contribution in [3.05, 3.63) is 64.4 Å². The summed E-state index contributed by atoms with van der Waals surface area (Å²) >= 11 is 6.53. The number of hydrogen-bond acceptors (Lipinski definition) is 7. The molecule has 0 amide bonds. The average molecular weight is 412 g/mol. The van der Waals surface area contributed by atoms with E-state index in [4.69, 9.17) is 11.6 Å². The largest absolute Gasteiger partial charge is 0.369 e. The lowest BCUT2D eigenvalue weighted by molar-refractivity contribution is 0.207. The van der Waals surface area contributed by atoms with Gasteiger partial charge in [-0.1, -0.05) is 28.8 Å². The highest BCUT2D eigenvalue weighted by molar-refractivity contribution is 6.33. The maximum atomic E-state index is 10.5. The molecule has 1 atom stereocenters. The van der Waals surface area contributed by atoms with Crippen LogP contribution >= 0.6 is 11.6 Å². The summed E-state index contributed by atoms with van der Waals surface area (Å²) in [7, 11) is 1.75. The van der Waals surface area contributed by atoms with E-state index in [0.717, 1.165) is 45.9 Å². The van der Waals surface area contributed by atoms with Crippen molar-refractivity contribution in [1.82, 2.24) is 25.2 Å².